The Hall–Kier alpha value is -1.06. The average Bonchev–Trinajstić information content (AvgIpc) is 2.70. The van der Waals surface area contributed by atoms with Crippen LogP contribution in [0.1, 0.15) is 55.8 Å². The first-order chi connectivity index (χ1) is 9.04. The highest BCUT2D eigenvalue weighted by Crippen LogP contribution is 2.45. The van der Waals surface area contributed by atoms with Gasteiger partial charge in [0.1, 0.15) is 5.75 Å². The van der Waals surface area contributed by atoms with Gasteiger partial charge in [-0.2, -0.15) is 0 Å². The first kappa shape index (κ1) is 14.4. The van der Waals surface area contributed by atoms with Crippen LogP contribution in [0.3, 0.4) is 0 Å². The van der Waals surface area contributed by atoms with Gasteiger partial charge in [0.2, 0.25) is 0 Å². The SMILES string of the molecule is CCOC(C)CNC1CC(C)c2c(C)ccc(O)c21. The highest BCUT2D eigenvalue weighted by Gasteiger charge is 2.31. The second-order valence-corrected chi connectivity index (χ2v) is 5.59. The topological polar surface area (TPSA) is 41.5 Å². The molecular formula is C16H25NO2. The second kappa shape index (κ2) is 5.93. The third-order valence-corrected chi connectivity index (χ3v) is 4.02. The van der Waals surface area contributed by atoms with E-state index in [9.17, 15) is 5.11 Å². The van der Waals surface area contributed by atoms with Crippen LogP contribution in [0.4, 0.5) is 0 Å². The van der Waals surface area contributed by atoms with E-state index in [0.29, 0.717) is 11.7 Å². The van der Waals surface area contributed by atoms with E-state index in [4.69, 9.17) is 4.74 Å². The summed E-state index contributed by atoms with van der Waals surface area (Å²) < 4.78 is 5.55. The molecule has 3 atom stereocenters. The van der Waals surface area contributed by atoms with Gasteiger partial charge in [0.05, 0.1) is 6.10 Å². The Morgan fingerprint density at radius 1 is 1.42 bits per heavy atom. The van der Waals surface area contributed by atoms with Crippen molar-refractivity contribution in [2.45, 2.75) is 52.2 Å². The summed E-state index contributed by atoms with van der Waals surface area (Å²) in [5, 5.41) is 13.7. The molecule has 0 saturated heterocycles. The second-order valence-electron chi connectivity index (χ2n) is 5.59. The first-order valence-electron chi connectivity index (χ1n) is 7.21. The highest BCUT2D eigenvalue weighted by molar-refractivity contribution is 5.50. The lowest BCUT2D eigenvalue weighted by Crippen LogP contribution is -2.29. The molecule has 3 heteroatoms. The number of aryl methyl sites for hydroxylation is 1. The summed E-state index contributed by atoms with van der Waals surface area (Å²) in [7, 11) is 0. The molecule has 1 aliphatic carbocycles. The smallest absolute Gasteiger partial charge is 0.120 e. The van der Waals surface area contributed by atoms with Gasteiger partial charge in [-0.15, -0.1) is 0 Å². The number of hydrogen-bond donors (Lipinski definition) is 2. The maximum absolute atomic E-state index is 10.1. The standard InChI is InChI=1S/C16H25NO2/c1-5-19-12(4)9-17-13-8-11(3)15-10(2)6-7-14(18)16(13)15/h6-7,11-13,17-18H,5,8-9H2,1-4H3. The molecule has 1 aromatic rings. The maximum atomic E-state index is 10.1. The molecule has 3 nitrogen and oxygen atoms in total. The fourth-order valence-electron chi connectivity index (χ4n) is 3.18. The third-order valence-electron chi connectivity index (χ3n) is 4.02. The van der Waals surface area contributed by atoms with Gasteiger partial charge in [0.15, 0.2) is 0 Å². The largest absolute Gasteiger partial charge is 0.508 e. The monoisotopic (exact) mass is 263 g/mol. The minimum Gasteiger partial charge on any atom is -0.508 e. The van der Waals surface area contributed by atoms with Crippen LogP contribution in [-0.4, -0.2) is 24.4 Å². The maximum Gasteiger partial charge on any atom is 0.120 e. The zero-order valence-corrected chi connectivity index (χ0v) is 12.4. The molecule has 0 fully saturated rings. The molecule has 2 rings (SSSR count). The van der Waals surface area contributed by atoms with E-state index in [1.165, 1.54) is 11.1 Å². The van der Waals surface area contributed by atoms with Gasteiger partial charge in [0, 0.05) is 24.8 Å². The third kappa shape index (κ3) is 2.93. The number of hydrogen-bond acceptors (Lipinski definition) is 3. The normalized spacial score (nSPS) is 23.4. The van der Waals surface area contributed by atoms with Gasteiger partial charge in [-0.1, -0.05) is 13.0 Å². The Kier molecular flexibility index (Phi) is 4.48. The van der Waals surface area contributed by atoms with Crippen LogP contribution >= 0.6 is 0 Å². The van der Waals surface area contributed by atoms with E-state index in [2.05, 4.69) is 26.1 Å². The van der Waals surface area contributed by atoms with Crippen LogP contribution in [0.5, 0.6) is 5.75 Å². The van der Waals surface area contributed by atoms with Crippen LogP contribution in [-0.2, 0) is 4.74 Å². The van der Waals surface area contributed by atoms with E-state index in [1.807, 2.05) is 19.1 Å². The van der Waals surface area contributed by atoms with Crippen molar-refractivity contribution in [2.24, 2.45) is 0 Å². The Morgan fingerprint density at radius 2 is 2.16 bits per heavy atom. The number of aromatic hydroxyl groups is 1. The number of benzene rings is 1. The van der Waals surface area contributed by atoms with Crippen molar-refractivity contribution in [3.8, 4) is 5.75 Å². The van der Waals surface area contributed by atoms with Gasteiger partial charge in [0.25, 0.3) is 0 Å². The van der Waals surface area contributed by atoms with Crippen LogP contribution in [0.2, 0.25) is 0 Å². The van der Waals surface area contributed by atoms with Crippen molar-refractivity contribution in [3.05, 3.63) is 28.8 Å². The molecule has 1 aromatic carbocycles. The minimum atomic E-state index is 0.205. The molecular weight excluding hydrogens is 238 g/mol. The minimum absolute atomic E-state index is 0.205. The van der Waals surface area contributed by atoms with Gasteiger partial charge in [-0.05, 0) is 50.3 Å². The van der Waals surface area contributed by atoms with E-state index >= 15 is 0 Å². The summed E-state index contributed by atoms with van der Waals surface area (Å²) in [5.74, 6) is 0.925. The fraction of sp³-hybridized carbons (Fsp3) is 0.625. The highest BCUT2D eigenvalue weighted by atomic mass is 16.5. The number of phenols is 1. The summed E-state index contributed by atoms with van der Waals surface area (Å²) in [6.07, 6.45) is 1.25. The zero-order valence-electron chi connectivity index (χ0n) is 12.4. The van der Waals surface area contributed by atoms with E-state index in [1.54, 1.807) is 0 Å². The van der Waals surface area contributed by atoms with E-state index in [-0.39, 0.29) is 12.1 Å². The van der Waals surface area contributed by atoms with Crippen molar-refractivity contribution < 1.29 is 9.84 Å². The zero-order chi connectivity index (χ0) is 14.0. The first-order valence-corrected chi connectivity index (χ1v) is 7.21. The van der Waals surface area contributed by atoms with Gasteiger partial charge in [-0.25, -0.2) is 0 Å². The predicted molar refractivity (Wildman–Crippen MR) is 77.7 cm³/mol. The van der Waals surface area contributed by atoms with Crippen molar-refractivity contribution in [2.75, 3.05) is 13.2 Å². The lowest BCUT2D eigenvalue weighted by molar-refractivity contribution is 0.0738. The molecule has 19 heavy (non-hydrogen) atoms. The number of nitrogens with one attached hydrogen (secondary N) is 1. The van der Waals surface area contributed by atoms with Crippen LogP contribution < -0.4 is 5.32 Å². The number of ether oxygens (including phenoxy) is 1. The Bertz CT molecular complexity index is 445. The lowest BCUT2D eigenvalue weighted by Gasteiger charge is -2.19. The summed E-state index contributed by atoms with van der Waals surface area (Å²) in [5.41, 5.74) is 3.69. The molecule has 2 N–H and O–H groups in total. The molecule has 106 valence electrons. The molecule has 0 aliphatic heterocycles. The fourth-order valence-corrected chi connectivity index (χ4v) is 3.18. The van der Waals surface area contributed by atoms with Gasteiger partial charge >= 0.3 is 0 Å². The van der Waals surface area contributed by atoms with Crippen LogP contribution in [0.25, 0.3) is 0 Å². The Balaban J connectivity index is 2.13. The molecule has 0 aromatic heterocycles. The summed E-state index contributed by atoms with van der Waals surface area (Å²) >= 11 is 0. The van der Waals surface area contributed by atoms with Crippen molar-refractivity contribution in [1.29, 1.82) is 0 Å². The number of phenolic OH excluding ortho intramolecular Hbond substituents is 1. The van der Waals surface area contributed by atoms with Crippen LogP contribution in [0.15, 0.2) is 12.1 Å². The molecule has 0 bridgehead atoms. The number of rotatable bonds is 5. The predicted octanol–water partition coefficient (Wildman–Crippen LogP) is 3.26. The van der Waals surface area contributed by atoms with Crippen molar-refractivity contribution in [1.82, 2.24) is 5.32 Å². The Morgan fingerprint density at radius 3 is 2.84 bits per heavy atom. The molecule has 0 spiro atoms. The quantitative estimate of drug-likeness (QED) is 0.856. The molecule has 0 radical (unpaired) electrons. The van der Waals surface area contributed by atoms with Crippen molar-refractivity contribution >= 4 is 0 Å². The number of fused-ring (bicyclic) bond motifs is 1. The lowest BCUT2D eigenvalue weighted by atomic mass is 9.97. The molecule has 0 saturated carbocycles. The average molecular weight is 263 g/mol. The van der Waals surface area contributed by atoms with E-state index in [0.717, 1.165) is 25.1 Å². The summed E-state index contributed by atoms with van der Waals surface area (Å²) in [6.45, 7) is 10.0. The summed E-state index contributed by atoms with van der Waals surface area (Å²) in [6, 6.07) is 4.07. The summed E-state index contributed by atoms with van der Waals surface area (Å²) in [4.78, 5) is 0. The van der Waals surface area contributed by atoms with Crippen molar-refractivity contribution in [3.63, 3.8) is 0 Å². The molecule has 0 amide bonds. The Labute approximate surface area is 116 Å². The van der Waals surface area contributed by atoms with Gasteiger partial charge < -0.3 is 15.2 Å². The molecule has 1 aliphatic rings. The van der Waals surface area contributed by atoms with Gasteiger partial charge in [-0.3, -0.25) is 0 Å². The molecule has 0 heterocycles. The van der Waals surface area contributed by atoms with Crippen LogP contribution in [0, 0.1) is 6.92 Å². The van der Waals surface area contributed by atoms with E-state index < -0.39 is 0 Å². The molecule has 3 unspecified atom stereocenters.